The Kier molecular flexibility index (Phi) is 2.98. The fourth-order valence-corrected chi connectivity index (χ4v) is 2.16. The molecule has 1 saturated carbocycles. The second-order valence-electron chi connectivity index (χ2n) is 3.62. The average molecular weight is 244 g/mol. The third-order valence-electron chi connectivity index (χ3n) is 2.64. The predicted molar refractivity (Wildman–Crippen MR) is 54.8 cm³/mol. The van der Waals surface area contributed by atoms with E-state index >= 15 is 0 Å². The van der Waals surface area contributed by atoms with Gasteiger partial charge in [0.05, 0.1) is 11.7 Å². The number of rotatable bonds is 2. The maximum Gasteiger partial charge on any atom is 0.0932 e. The first-order valence-electron chi connectivity index (χ1n) is 4.87. The third-order valence-corrected chi connectivity index (χ3v) is 3.22. The van der Waals surface area contributed by atoms with Crippen molar-refractivity contribution in [3.8, 4) is 0 Å². The van der Waals surface area contributed by atoms with Crippen molar-refractivity contribution in [1.82, 2.24) is 15.0 Å². The minimum atomic E-state index is 0.606. The van der Waals surface area contributed by atoms with Gasteiger partial charge in [-0.15, -0.1) is 5.10 Å². The Hall–Kier alpha value is -0.380. The topological polar surface area (TPSA) is 30.7 Å². The van der Waals surface area contributed by atoms with Gasteiger partial charge in [-0.25, -0.2) is 4.68 Å². The van der Waals surface area contributed by atoms with Crippen molar-refractivity contribution < 1.29 is 0 Å². The lowest BCUT2D eigenvalue weighted by molar-refractivity contribution is 0.324. The summed E-state index contributed by atoms with van der Waals surface area (Å²) in [7, 11) is 0. The first-order chi connectivity index (χ1) is 6.40. The van der Waals surface area contributed by atoms with E-state index in [4.69, 9.17) is 0 Å². The summed E-state index contributed by atoms with van der Waals surface area (Å²) in [5.41, 5.74) is 1.03. The van der Waals surface area contributed by atoms with Gasteiger partial charge in [0.15, 0.2) is 0 Å². The number of nitrogens with zero attached hydrogens (tertiary/aromatic N) is 3. The molecule has 0 amide bonds. The molecule has 1 heterocycles. The number of alkyl halides is 1. The van der Waals surface area contributed by atoms with E-state index in [9.17, 15) is 0 Å². The van der Waals surface area contributed by atoms with E-state index in [0.29, 0.717) is 6.04 Å². The molecule has 1 aromatic heterocycles. The monoisotopic (exact) mass is 243 g/mol. The molecule has 1 aliphatic carbocycles. The van der Waals surface area contributed by atoms with Gasteiger partial charge in [0.1, 0.15) is 0 Å². The van der Waals surface area contributed by atoms with Crippen LogP contribution in [0.15, 0.2) is 6.20 Å². The predicted octanol–water partition coefficient (Wildman–Crippen LogP) is 2.68. The molecule has 0 bridgehead atoms. The summed E-state index contributed by atoms with van der Waals surface area (Å²) in [4.78, 5) is 0. The fraction of sp³-hybridized carbons (Fsp3) is 0.778. The maximum absolute atomic E-state index is 4.15. The molecular formula is C9H14BrN3. The zero-order valence-corrected chi connectivity index (χ0v) is 9.20. The number of hydrogen-bond acceptors (Lipinski definition) is 2. The summed E-state index contributed by atoms with van der Waals surface area (Å²) in [5.74, 6) is 0. The Labute approximate surface area is 86.6 Å². The highest BCUT2D eigenvalue weighted by Gasteiger charge is 2.16. The van der Waals surface area contributed by atoms with E-state index in [1.807, 2.05) is 4.68 Å². The van der Waals surface area contributed by atoms with E-state index in [1.54, 1.807) is 0 Å². The van der Waals surface area contributed by atoms with Gasteiger partial charge < -0.3 is 0 Å². The first kappa shape index (κ1) is 9.19. The standard InChI is InChI=1S/C9H14BrN3/c10-6-8-7-13(12-11-8)9-4-2-1-3-5-9/h7,9H,1-6H2. The van der Waals surface area contributed by atoms with Crippen molar-refractivity contribution in [2.45, 2.75) is 43.5 Å². The zero-order valence-electron chi connectivity index (χ0n) is 7.62. The molecular weight excluding hydrogens is 230 g/mol. The first-order valence-corrected chi connectivity index (χ1v) is 5.99. The zero-order chi connectivity index (χ0) is 9.10. The number of aromatic nitrogens is 3. The van der Waals surface area contributed by atoms with Crippen molar-refractivity contribution in [2.24, 2.45) is 0 Å². The lowest BCUT2D eigenvalue weighted by Gasteiger charge is -2.20. The molecule has 13 heavy (non-hydrogen) atoms. The SMILES string of the molecule is BrCc1cn(C2CCCCC2)nn1. The van der Waals surface area contributed by atoms with Crippen molar-refractivity contribution in [1.29, 1.82) is 0 Å². The maximum atomic E-state index is 4.15. The Balaban J connectivity index is 2.05. The molecule has 0 aliphatic heterocycles. The van der Waals surface area contributed by atoms with Crippen LogP contribution in [0, 0.1) is 0 Å². The smallest absolute Gasteiger partial charge is 0.0932 e. The van der Waals surface area contributed by atoms with Gasteiger partial charge in [-0.2, -0.15) is 0 Å². The molecule has 0 radical (unpaired) electrons. The molecule has 0 unspecified atom stereocenters. The quantitative estimate of drug-likeness (QED) is 0.749. The Morgan fingerprint density at radius 3 is 2.77 bits per heavy atom. The highest BCUT2D eigenvalue weighted by Crippen LogP contribution is 2.27. The second-order valence-corrected chi connectivity index (χ2v) is 4.18. The van der Waals surface area contributed by atoms with Gasteiger partial charge in [-0.3, -0.25) is 0 Å². The molecule has 1 fully saturated rings. The minimum absolute atomic E-state index is 0.606. The lowest BCUT2D eigenvalue weighted by atomic mass is 9.96. The van der Waals surface area contributed by atoms with Gasteiger partial charge in [0.25, 0.3) is 0 Å². The van der Waals surface area contributed by atoms with Crippen LogP contribution in [0.5, 0.6) is 0 Å². The van der Waals surface area contributed by atoms with Crippen molar-refractivity contribution in [3.63, 3.8) is 0 Å². The van der Waals surface area contributed by atoms with Crippen LogP contribution in [0.25, 0.3) is 0 Å². The van der Waals surface area contributed by atoms with Gasteiger partial charge in [-0.1, -0.05) is 40.4 Å². The summed E-state index contributed by atoms with van der Waals surface area (Å²) >= 11 is 3.38. The van der Waals surface area contributed by atoms with Crippen LogP contribution in [0.3, 0.4) is 0 Å². The van der Waals surface area contributed by atoms with Crippen molar-refractivity contribution >= 4 is 15.9 Å². The third kappa shape index (κ3) is 2.10. The minimum Gasteiger partial charge on any atom is -0.249 e. The molecule has 0 saturated heterocycles. The number of hydrogen-bond donors (Lipinski definition) is 0. The molecule has 0 atom stereocenters. The van der Waals surface area contributed by atoms with Crippen LogP contribution >= 0.6 is 15.9 Å². The summed E-state index contributed by atoms with van der Waals surface area (Å²) < 4.78 is 2.04. The summed E-state index contributed by atoms with van der Waals surface area (Å²) in [6.07, 6.45) is 8.67. The molecule has 1 aliphatic rings. The van der Waals surface area contributed by atoms with E-state index in [-0.39, 0.29) is 0 Å². The molecule has 0 spiro atoms. The van der Waals surface area contributed by atoms with Gasteiger partial charge in [0, 0.05) is 11.5 Å². The molecule has 3 nitrogen and oxygen atoms in total. The van der Waals surface area contributed by atoms with Crippen LogP contribution < -0.4 is 0 Å². The molecule has 4 heteroatoms. The summed E-state index contributed by atoms with van der Waals surface area (Å²) in [6.45, 7) is 0. The largest absolute Gasteiger partial charge is 0.249 e. The van der Waals surface area contributed by atoms with Crippen LogP contribution in [0.2, 0.25) is 0 Å². The van der Waals surface area contributed by atoms with Crippen molar-refractivity contribution in [2.75, 3.05) is 0 Å². The number of halogens is 1. The Morgan fingerprint density at radius 2 is 2.15 bits per heavy atom. The lowest BCUT2D eigenvalue weighted by Crippen LogP contribution is -2.13. The van der Waals surface area contributed by atoms with E-state index in [0.717, 1.165) is 11.0 Å². The van der Waals surface area contributed by atoms with Crippen LogP contribution in [0.4, 0.5) is 0 Å². The molecule has 1 aromatic rings. The second kappa shape index (κ2) is 4.22. The van der Waals surface area contributed by atoms with E-state index in [2.05, 4.69) is 32.4 Å². The van der Waals surface area contributed by atoms with Crippen LogP contribution in [0.1, 0.15) is 43.8 Å². The fourth-order valence-electron chi connectivity index (χ4n) is 1.90. The van der Waals surface area contributed by atoms with Crippen molar-refractivity contribution in [3.05, 3.63) is 11.9 Å². The van der Waals surface area contributed by atoms with Gasteiger partial charge in [-0.05, 0) is 12.8 Å². The Morgan fingerprint density at radius 1 is 1.38 bits per heavy atom. The Bertz CT molecular complexity index is 266. The molecule has 72 valence electrons. The van der Waals surface area contributed by atoms with E-state index in [1.165, 1.54) is 32.1 Å². The molecule has 0 aromatic carbocycles. The normalized spacial score (nSPS) is 19.2. The van der Waals surface area contributed by atoms with Gasteiger partial charge >= 0.3 is 0 Å². The molecule has 2 rings (SSSR count). The highest BCUT2D eigenvalue weighted by molar-refractivity contribution is 9.08. The summed E-state index contributed by atoms with van der Waals surface area (Å²) in [5, 5.41) is 9.03. The van der Waals surface area contributed by atoms with Gasteiger partial charge in [0.2, 0.25) is 0 Å². The molecule has 0 N–H and O–H groups in total. The summed E-state index contributed by atoms with van der Waals surface area (Å²) in [6, 6.07) is 0.606. The highest BCUT2D eigenvalue weighted by atomic mass is 79.9. The van der Waals surface area contributed by atoms with Crippen LogP contribution in [-0.4, -0.2) is 15.0 Å². The van der Waals surface area contributed by atoms with Crippen LogP contribution in [-0.2, 0) is 5.33 Å². The average Bonchev–Trinajstić information content (AvgIpc) is 2.67. The van der Waals surface area contributed by atoms with E-state index < -0.39 is 0 Å².